The number of benzene rings is 1. The van der Waals surface area contributed by atoms with Crippen LogP contribution in [0.3, 0.4) is 0 Å². The van der Waals surface area contributed by atoms with Crippen molar-refractivity contribution in [3.05, 3.63) is 33.6 Å². The van der Waals surface area contributed by atoms with Gasteiger partial charge in [0.15, 0.2) is 5.01 Å². The Balaban J connectivity index is 2.02. The van der Waals surface area contributed by atoms with Crippen LogP contribution in [0.15, 0.2) is 18.2 Å². The Kier molecular flexibility index (Phi) is 5.18. The van der Waals surface area contributed by atoms with E-state index < -0.39 is 0 Å². The number of nitrogens with zero attached hydrogens (tertiary/aromatic N) is 2. The standard InChI is InChI=1S/C19H22N4O2S/c1-11(2)23(3)19(24)18-22-17-14-5-4-12(13(9-20)10-21)8-15(14)25-7-6-16(17)26-18/h4-5,8-11,13,20-21H,6-7H2,1-3H3. The van der Waals surface area contributed by atoms with Crippen molar-refractivity contribution in [3.63, 3.8) is 0 Å². The van der Waals surface area contributed by atoms with Crippen LogP contribution in [-0.4, -0.2) is 47.9 Å². The highest BCUT2D eigenvalue weighted by Gasteiger charge is 2.25. The van der Waals surface area contributed by atoms with E-state index in [0.717, 1.165) is 21.7 Å². The van der Waals surface area contributed by atoms with E-state index in [1.54, 1.807) is 11.9 Å². The molecule has 0 unspecified atom stereocenters. The van der Waals surface area contributed by atoms with E-state index in [4.69, 9.17) is 15.6 Å². The molecule has 26 heavy (non-hydrogen) atoms. The van der Waals surface area contributed by atoms with Crippen LogP contribution in [0.25, 0.3) is 11.3 Å². The predicted molar refractivity (Wildman–Crippen MR) is 104 cm³/mol. The maximum atomic E-state index is 12.6. The molecule has 1 aliphatic heterocycles. The summed E-state index contributed by atoms with van der Waals surface area (Å²) in [7, 11) is 1.79. The van der Waals surface area contributed by atoms with Crippen LogP contribution in [-0.2, 0) is 6.42 Å². The Hall–Kier alpha value is -2.54. The van der Waals surface area contributed by atoms with Crippen LogP contribution in [0, 0.1) is 10.8 Å². The molecular formula is C19H22N4O2S. The maximum Gasteiger partial charge on any atom is 0.282 e. The fraction of sp³-hybridized carbons (Fsp3) is 0.368. The molecule has 2 heterocycles. The van der Waals surface area contributed by atoms with Crippen molar-refractivity contribution in [3.8, 4) is 17.0 Å². The van der Waals surface area contributed by atoms with Gasteiger partial charge in [-0.3, -0.25) is 4.79 Å². The normalized spacial score (nSPS) is 13.8. The highest BCUT2D eigenvalue weighted by atomic mass is 32.1. The molecule has 3 rings (SSSR count). The molecule has 1 aromatic carbocycles. The number of amides is 1. The van der Waals surface area contributed by atoms with E-state index in [9.17, 15) is 4.79 Å². The molecule has 1 aromatic heterocycles. The third-order valence-electron chi connectivity index (χ3n) is 4.57. The van der Waals surface area contributed by atoms with E-state index in [-0.39, 0.29) is 17.9 Å². The minimum atomic E-state index is -0.362. The number of thiazole rings is 1. The van der Waals surface area contributed by atoms with Gasteiger partial charge in [-0.2, -0.15) is 0 Å². The van der Waals surface area contributed by atoms with Crippen LogP contribution in [0.5, 0.6) is 5.75 Å². The van der Waals surface area contributed by atoms with E-state index >= 15 is 0 Å². The van der Waals surface area contributed by atoms with Gasteiger partial charge in [-0.25, -0.2) is 4.98 Å². The SMILES string of the molecule is CC(C)N(C)C(=O)c1nc2c(s1)CCOc1cc(C(C=N)C=N)ccc1-2. The molecule has 6 nitrogen and oxygen atoms in total. The summed E-state index contributed by atoms with van der Waals surface area (Å²) in [6, 6.07) is 5.78. The number of ether oxygens (including phenoxy) is 1. The first-order valence-corrected chi connectivity index (χ1v) is 9.33. The van der Waals surface area contributed by atoms with Crippen molar-refractivity contribution in [1.82, 2.24) is 9.88 Å². The highest BCUT2D eigenvalue weighted by Crippen LogP contribution is 2.39. The number of carbonyl (C=O) groups excluding carboxylic acids is 1. The quantitative estimate of drug-likeness (QED) is 0.788. The van der Waals surface area contributed by atoms with Crippen LogP contribution >= 0.6 is 11.3 Å². The van der Waals surface area contributed by atoms with Crippen molar-refractivity contribution in [2.45, 2.75) is 32.2 Å². The minimum absolute atomic E-state index is 0.0650. The van der Waals surface area contributed by atoms with E-state index in [1.807, 2.05) is 32.0 Å². The van der Waals surface area contributed by atoms with Crippen LogP contribution in [0.2, 0.25) is 0 Å². The fourth-order valence-electron chi connectivity index (χ4n) is 2.76. The summed E-state index contributed by atoms with van der Waals surface area (Å²) in [4.78, 5) is 20.0. The molecule has 0 atom stereocenters. The summed E-state index contributed by atoms with van der Waals surface area (Å²) in [5.41, 5.74) is 2.50. The number of hydrogen-bond donors (Lipinski definition) is 2. The fourth-order valence-corrected chi connectivity index (χ4v) is 3.80. The van der Waals surface area contributed by atoms with Gasteiger partial charge >= 0.3 is 0 Å². The molecule has 0 saturated carbocycles. The average Bonchev–Trinajstić information content (AvgIpc) is 2.98. The molecule has 2 aromatic rings. The predicted octanol–water partition coefficient (Wildman–Crippen LogP) is 3.61. The Morgan fingerprint density at radius 1 is 1.35 bits per heavy atom. The van der Waals surface area contributed by atoms with Gasteiger partial charge in [0, 0.05) is 42.4 Å². The molecule has 0 saturated heterocycles. The number of carbonyl (C=O) groups is 1. The van der Waals surface area contributed by atoms with E-state index in [0.29, 0.717) is 23.8 Å². The van der Waals surface area contributed by atoms with Gasteiger partial charge < -0.3 is 20.5 Å². The molecule has 7 heteroatoms. The average molecular weight is 370 g/mol. The van der Waals surface area contributed by atoms with Crippen molar-refractivity contribution in [2.75, 3.05) is 13.7 Å². The second kappa shape index (κ2) is 7.37. The van der Waals surface area contributed by atoms with E-state index in [2.05, 4.69) is 4.98 Å². The van der Waals surface area contributed by atoms with Gasteiger partial charge in [0.25, 0.3) is 5.91 Å². The molecule has 2 N–H and O–H groups in total. The summed E-state index contributed by atoms with van der Waals surface area (Å²) in [6.07, 6.45) is 3.17. The summed E-state index contributed by atoms with van der Waals surface area (Å²) >= 11 is 1.43. The zero-order valence-corrected chi connectivity index (χ0v) is 15.9. The summed E-state index contributed by atoms with van der Waals surface area (Å²) in [5, 5.41) is 15.4. The zero-order chi connectivity index (χ0) is 18.8. The largest absolute Gasteiger partial charge is 0.492 e. The summed E-state index contributed by atoms with van der Waals surface area (Å²) in [5.74, 6) is 0.264. The molecule has 0 bridgehead atoms. The van der Waals surface area contributed by atoms with Crippen molar-refractivity contribution >= 4 is 29.7 Å². The lowest BCUT2D eigenvalue weighted by atomic mass is 9.98. The summed E-state index contributed by atoms with van der Waals surface area (Å²) in [6.45, 7) is 4.47. The van der Waals surface area contributed by atoms with Gasteiger partial charge in [-0.1, -0.05) is 6.07 Å². The van der Waals surface area contributed by atoms with Crippen molar-refractivity contribution in [1.29, 1.82) is 10.8 Å². The Morgan fingerprint density at radius 3 is 2.73 bits per heavy atom. The molecule has 0 radical (unpaired) electrons. The summed E-state index contributed by atoms with van der Waals surface area (Å²) < 4.78 is 5.88. The van der Waals surface area contributed by atoms with Gasteiger partial charge in [0.1, 0.15) is 5.75 Å². The van der Waals surface area contributed by atoms with Gasteiger partial charge in [-0.05, 0) is 31.5 Å². The molecule has 1 aliphatic rings. The lowest BCUT2D eigenvalue weighted by Gasteiger charge is -2.19. The third kappa shape index (κ3) is 3.26. The first-order chi connectivity index (χ1) is 12.5. The molecule has 136 valence electrons. The number of hydrogen-bond acceptors (Lipinski definition) is 6. The third-order valence-corrected chi connectivity index (χ3v) is 5.67. The molecule has 0 aliphatic carbocycles. The van der Waals surface area contributed by atoms with Crippen molar-refractivity contribution < 1.29 is 9.53 Å². The number of nitrogens with one attached hydrogen (secondary N) is 2. The van der Waals surface area contributed by atoms with Gasteiger partial charge in [0.05, 0.1) is 18.2 Å². The molecule has 0 fully saturated rings. The topological polar surface area (TPSA) is 90.1 Å². The Bertz CT molecular complexity index is 851. The van der Waals surface area contributed by atoms with Crippen LogP contribution in [0.4, 0.5) is 0 Å². The number of fused-ring (bicyclic) bond motifs is 3. The van der Waals surface area contributed by atoms with Crippen molar-refractivity contribution in [2.24, 2.45) is 0 Å². The lowest BCUT2D eigenvalue weighted by Crippen LogP contribution is -2.32. The van der Waals surface area contributed by atoms with Gasteiger partial charge in [0.2, 0.25) is 0 Å². The Morgan fingerprint density at radius 2 is 2.08 bits per heavy atom. The number of aromatic nitrogens is 1. The minimum Gasteiger partial charge on any atom is -0.492 e. The van der Waals surface area contributed by atoms with Crippen LogP contribution < -0.4 is 4.74 Å². The lowest BCUT2D eigenvalue weighted by molar-refractivity contribution is 0.0754. The molecule has 0 spiro atoms. The number of rotatable bonds is 5. The second-order valence-corrected chi connectivity index (χ2v) is 7.60. The smallest absolute Gasteiger partial charge is 0.282 e. The maximum absolute atomic E-state index is 12.6. The molecular weight excluding hydrogens is 348 g/mol. The monoisotopic (exact) mass is 370 g/mol. The second-order valence-electron chi connectivity index (χ2n) is 6.51. The van der Waals surface area contributed by atoms with Crippen LogP contribution in [0.1, 0.15) is 40.0 Å². The molecule has 1 amide bonds. The highest BCUT2D eigenvalue weighted by molar-refractivity contribution is 7.14. The van der Waals surface area contributed by atoms with Gasteiger partial charge in [-0.15, -0.1) is 11.3 Å². The first kappa shape index (κ1) is 18.3. The zero-order valence-electron chi connectivity index (χ0n) is 15.1. The Labute approximate surface area is 156 Å². The van der Waals surface area contributed by atoms with E-state index in [1.165, 1.54) is 23.8 Å². The first-order valence-electron chi connectivity index (χ1n) is 8.51.